The molecule has 2 heterocycles. The summed E-state index contributed by atoms with van der Waals surface area (Å²) in [6.45, 7) is 1.79. The van der Waals surface area contributed by atoms with Crippen molar-refractivity contribution in [1.82, 2.24) is 0 Å². The SMILES string of the molecule is C[C@@H]1CCCC(O[C@@H](C[N+](=O)[O-])c2cccs2)O1. The smallest absolute Gasteiger partial charge is 0.234 e. The fourth-order valence-electron chi connectivity index (χ4n) is 2.06. The van der Waals surface area contributed by atoms with Crippen molar-refractivity contribution >= 4 is 11.3 Å². The van der Waals surface area contributed by atoms with E-state index in [2.05, 4.69) is 0 Å². The first-order chi connectivity index (χ1) is 8.65. The standard InChI is InChI=1S/C12H17NO4S/c1-9-4-2-6-12(16-9)17-10(8-13(14)15)11-5-3-7-18-11/h3,5,7,9-10,12H,2,4,6,8H2,1H3/t9-,10+,12?/m1/s1. The molecule has 0 N–H and O–H groups in total. The van der Waals surface area contributed by atoms with Gasteiger partial charge in [-0.05, 0) is 37.6 Å². The minimum absolute atomic E-state index is 0.170. The first-order valence-corrected chi connectivity index (χ1v) is 6.99. The lowest BCUT2D eigenvalue weighted by Gasteiger charge is -2.29. The van der Waals surface area contributed by atoms with Crippen LogP contribution in [0.2, 0.25) is 0 Å². The molecule has 0 amide bonds. The third-order valence-electron chi connectivity index (χ3n) is 2.93. The molecule has 0 spiro atoms. The van der Waals surface area contributed by atoms with Gasteiger partial charge in [0.25, 0.3) is 0 Å². The van der Waals surface area contributed by atoms with Crippen molar-refractivity contribution in [2.75, 3.05) is 6.54 Å². The van der Waals surface area contributed by atoms with Crippen molar-refractivity contribution in [2.45, 2.75) is 44.7 Å². The van der Waals surface area contributed by atoms with E-state index < -0.39 is 6.10 Å². The van der Waals surface area contributed by atoms with Gasteiger partial charge in [0, 0.05) is 9.80 Å². The largest absolute Gasteiger partial charge is 0.350 e. The van der Waals surface area contributed by atoms with E-state index in [1.165, 1.54) is 11.3 Å². The molecular formula is C12H17NO4S. The molecule has 0 aliphatic carbocycles. The van der Waals surface area contributed by atoms with Crippen LogP contribution in [-0.4, -0.2) is 23.9 Å². The van der Waals surface area contributed by atoms with Gasteiger partial charge in [0.1, 0.15) is 0 Å². The second-order valence-corrected chi connectivity index (χ2v) is 5.44. The second-order valence-electron chi connectivity index (χ2n) is 4.46. The minimum atomic E-state index is -0.504. The van der Waals surface area contributed by atoms with Crippen LogP contribution in [0, 0.1) is 10.1 Å². The van der Waals surface area contributed by atoms with E-state index in [4.69, 9.17) is 9.47 Å². The Hall–Kier alpha value is -0.980. The predicted molar refractivity (Wildman–Crippen MR) is 68.2 cm³/mol. The quantitative estimate of drug-likeness (QED) is 0.610. The van der Waals surface area contributed by atoms with Crippen LogP contribution in [0.15, 0.2) is 17.5 Å². The third-order valence-corrected chi connectivity index (χ3v) is 3.89. The molecule has 5 nitrogen and oxygen atoms in total. The van der Waals surface area contributed by atoms with Gasteiger partial charge in [0.05, 0.1) is 6.10 Å². The van der Waals surface area contributed by atoms with Gasteiger partial charge in [0.15, 0.2) is 12.4 Å². The Morgan fingerprint density at radius 1 is 1.67 bits per heavy atom. The number of nitrogens with zero attached hydrogens (tertiary/aromatic N) is 1. The van der Waals surface area contributed by atoms with E-state index >= 15 is 0 Å². The van der Waals surface area contributed by atoms with E-state index in [0.29, 0.717) is 0 Å². The lowest BCUT2D eigenvalue weighted by atomic mass is 10.1. The molecule has 18 heavy (non-hydrogen) atoms. The monoisotopic (exact) mass is 271 g/mol. The minimum Gasteiger partial charge on any atom is -0.350 e. The summed E-state index contributed by atoms with van der Waals surface area (Å²) in [4.78, 5) is 11.2. The molecular weight excluding hydrogens is 254 g/mol. The highest BCUT2D eigenvalue weighted by atomic mass is 32.1. The zero-order valence-electron chi connectivity index (χ0n) is 10.3. The fourth-order valence-corrected chi connectivity index (χ4v) is 2.81. The van der Waals surface area contributed by atoms with Crippen molar-refractivity contribution in [3.05, 3.63) is 32.5 Å². The van der Waals surface area contributed by atoms with Gasteiger partial charge in [-0.3, -0.25) is 10.1 Å². The average molecular weight is 271 g/mol. The van der Waals surface area contributed by atoms with E-state index in [0.717, 1.165) is 24.1 Å². The molecule has 1 fully saturated rings. The van der Waals surface area contributed by atoms with Gasteiger partial charge in [-0.25, -0.2) is 0 Å². The van der Waals surface area contributed by atoms with Crippen molar-refractivity contribution in [3.8, 4) is 0 Å². The van der Waals surface area contributed by atoms with Crippen LogP contribution in [0.1, 0.15) is 37.2 Å². The molecule has 2 rings (SSSR count). The molecule has 6 heteroatoms. The molecule has 1 aliphatic heterocycles. The molecule has 3 atom stereocenters. The number of hydrogen-bond acceptors (Lipinski definition) is 5. The number of thiophene rings is 1. The molecule has 100 valence electrons. The van der Waals surface area contributed by atoms with Crippen molar-refractivity contribution in [3.63, 3.8) is 0 Å². The van der Waals surface area contributed by atoms with E-state index in [9.17, 15) is 10.1 Å². The summed E-state index contributed by atoms with van der Waals surface area (Å²) >= 11 is 1.48. The molecule has 1 aromatic heterocycles. The predicted octanol–water partition coefficient (Wildman–Crippen LogP) is 3.00. The normalized spacial score (nSPS) is 25.8. The molecule has 1 unspecified atom stereocenters. The molecule has 0 radical (unpaired) electrons. The summed E-state index contributed by atoms with van der Waals surface area (Å²) in [5, 5.41) is 12.6. The first-order valence-electron chi connectivity index (χ1n) is 6.11. The summed E-state index contributed by atoms with van der Waals surface area (Å²) in [6, 6.07) is 3.74. The van der Waals surface area contributed by atoms with Crippen LogP contribution in [0.3, 0.4) is 0 Å². The van der Waals surface area contributed by atoms with E-state index in [1.54, 1.807) is 0 Å². The van der Waals surface area contributed by atoms with Crippen molar-refractivity contribution in [2.24, 2.45) is 0 Å². The number of hydrogen-bond donors (Lipinski definition) is 0. The van der Waals surface area contributed by atoms with Crippen LogP contribution < -0.4 is 0 Å². The Morgan fingerprint density at radius 2 is 2.50 bits per heavy atom. The second kappa shape index (κ2) is 6.26. The Bertz CT molecular complexity index is 381. The summed E-state index contributed by atoms with van der Waals surface area (Å²) in [7, 11) is 0. The summed E-state index contributed by atoms with van der Waals surface area (Å²) in [6.07, 6.45) is 2.23. The number of rotatable bonds is 5. The highest BCUT2D eigenvalue weighted by Crippen LogP contribution is 2.28. The molecule has 1 aromatic rings. The Kier molecular flexibility index (Phi) is 4.68. The third kappa shape index (κ3) is 3.76. The number of ether oxygens (including phenoxy) is 2. The average Bonchev–Trinajstić information content (AvgIpc) is 2.80. The van der Waals surface area contributed by atoms with Crippen LogP contribution in [-0.2, 0) is 9.47 Å². The molecule has 0 aromatic carbocycles. The van der Waals surface area contributed by atoms with Crippen LogP contribution in [0.4, 0.5) is 0 Å². The van der Waals surface area contributed by atoms with Gasteiger partial charge in [-0.1, -0.05) is 6.07 Å². The van der Waals surface area contributed by atoms with E-state index in [1.807, 2.05) is 24.4 Å². The van der Waals surface area contributed by atoms with Crippen LogP contribution >= 0.6 is 11.3 Å². The van der Waals surface area contributed by atoms with Crippen molar-refractivity contribution < 1.29 is 14.4 Å². The molecule has 0 saturated carbocycles. The van der Waals surface area contributed by atoms with Crippen LogP contribution in [0.25, 0.3) is 0 Å². The fraction of sp³-hybridized carbons (Fsp3) is 0.667. The van der Waals surface area contributed by atoms with Gasteiger partial charge >= 0.3 is 0 Å². The van der Waals surface area contributed by atoms with Crippen molar-refractivity contribution in [1.29, 1.82) is 0 Å². The Balaban J connectivity index is 1.98. The maximum absolute atomic E-state index is 10.7. The highest BCUT2D eigenvalue weighted by molar-refractivity contribution is 7.10. The summed E-state index contributed by atoms with van der Waals surface area (Å²) < 4.78 is 11.4. The Morgan fingerprint density at radius 3 is 3.11 bits per heavy atom. The van der Waals surface area contributed by atoms with Gasteiger partial charge in [-0.2, -0.15) is 0 Å². The lowest BCUT2D eigenvalue weighted by Crippen LogP contribution is -2.30. The molecule has 0 bridgehead atoms. The maximum Gasteiger partial charge on any atom is 0.234 e. The maximum atomic E-state index is 10.7. The topological polar surface area (TPSA) is 61.6 Å². The van der Waals surface area contributed by atoms with Gasteiger partial charge in [-0.15, -0.1) is 11.3 Å². The van der Waals surface area contributed by atoms with Crippen LogP contribution in [0.5, 0.6) is 0 Å². The summed E-state index contributed by atoms with van der Waals surface area (Å²) in [5.74, 6) is 0. The van der Waals surface area contributed by atoms with Gasteiger partial charge in [0.2, 0.25) is 6.54 Å². The Labute approximate surface area is 110 Å². The summed E-state index contributed by atoms with van der Waals surface area (Å²) in [5.41, 5.74) is 0. The molecule has 1 saturated heterocycles. The van der Waals surface area contributed by atoms with E-state index in [-0.39, 0.29) is 23.9 Å². The lowest BCUT2D eigenvalue weighted by molar-refractivity contribution is -0.496. The first kappa shape index (κ1) is 13.5. The zero-order chi connectivity index (χ0) is 13.0. The zero-order valence-corrected chi connectivity index (χ0v) is 11.1. The number of nitro groups is 1. The van der Waals surface area contributed by atoms with Gasteiger partial charge < -0.3 is 9.47 Å². The molecule has 1 aliphatic rings. The highest BCUT2D eigenvalue weighted by Gasteiger charge is 2.27.